The molecule has 0 saturated heterocycles. The number of carbonyl (C=O) groups excluding carboxylic acids is 2. The molecule has 0 radical (unpaired) electrons. The van der Waals surface area contributed by atoms with Gasteiger partial charge in [-0.2, -0.15) is 0 Å². The summed E-state index contributed by atoms with van der Waals surface area (Å²) in [6, 6.07) is 7.43. The zero-order valence-electron chi connectivity index (χ0n) is 13.3. The normalized spacial score (nSPS) is 23.8. The van der Waals surface area contributed by atoms with E-state index in [4.69, 9.17) is 9.47 Å². The van der Waals surface area contributed by atoms with E-state index in [1.54, 1.807) is 6.92 Å². The first kappa shape index (κ1) is 17.0. The van der Waals surface area contributed by atoms with Gasteiger partial charge in [-0.05, 0) is 51.8 Å². The second-order valence-electron chi connectivity index (χ2n) is 6.49. The standard InChI is InChI=1S/C17H21BrO4/c1-5-21-14(19)13-10-17(13,15(20)22-16(2,3)4)11-6-8-12(18)9-7-11/h6-9,13H,5,10H2,1-4H3/t13-,17-/m0/s1. The predicted molar refractivity (Wildman–Crippen MR) is 86.4 cm³/mol. The summed E-state index contributed by atoms with van der Waals surface area (Å²) >= 11 is 3.38. The highest BCUT2D eigenvalue weighted by atomic mass is 79.9. The maximum absolute atomic E-state index is 12.7. The van der Waals surface area contributed by atoms with Gasteiger partial charge in [0.2, 0.25) is 0 Å². The van der Waals surface area contributed by atoms with Gasteiger partial charge in [0.15, 0.2) is 0 Å². The van der Waals surface area contributed by atoms with Crippen molar-refractivity contribution in [3.63, 3.8) is 0 Å². The van der Waals surface area contributed by atoms with Crippen molar-refractivity contribution in [1.29, 1.82) is 0 Å². The van der Waals surface area contributed by atoms with E-state index >= 15 is 0 Å². The molecule has 0 bridgehead atoms. The Labute approximate surface area is 139 Å². The number of halogens is 1. The van der Waals surface area contributed by atoms with Crippen molar-refractivity contribution in [3.05, 3.63) is 34.3 Å². The number of rotatable bonds is 4. The van der Waals surface area contributed by atoms with Crippen molar-refractivity contribution in [2.24, 2.45) is 5.92 Å². The minimum Gasteiger partial charge on any atom is -0.466 e. The van der Waals surface area contributed by atoms with Gasteiger partial charge >= 0.3 is 11.9 Å². The molecule has 5 heteroatoms. The van der Waals surface area contributed by atoms with Crippen LogP contribution in [0.25, 0.3) is 0 Å². The molecule has 1 saturated carbocycles. The van der Waals surface area contributed by atoms with E-state index in [0.29, 0.717) is 13.0 Å². The van der Waals surface area contributed by atoms with Gasteiger partial charge in [-0.25, -0.2) is 0 Å². The summed E-state index contributed by atoms with van der Waals surface area (Å²) in [5.74, 6) is -1.17. The van der Waals surface area contributed by atoms with Crippen molar-refractivity contribution in [2.45, 2.75) is 45.1 Å². The third kappa shape index (κ3) is 3.35. The molecule has 2 atom stereocenters. The van der Waals surface area contributed by atoms with E-state index in [0.717, 1.165) is 10.0 Å². The lowest BCUT2D eigenvalue weighted by Gasteiger charge is -2.24. The van der Waals surface area contributed by atoms with Crippen molar-refractivity contribution >= 4 is 27.9 Å². The fraction of sp³-hybridized carbons (Fsp3) is 0.529. The molecule has 1 aromatic rings. The fourth-order valence-corrected chi connectivity index (χ4v) is 2.83. The first-order valence-corrected chi connectivity index (χ1v) is 8.16. The van der Waals surface area contributed by atoms with E-state index in [2.05, 4.69) is 15.9 Å². The fourth-order valence-electron chi connectivity index (χ4n) is 2.57. The molecule has 0 aliphatic heterocycles. The van der Waals surface area contributed by atoms with Crippen LogP contribution in [0.4, 0.5) is 0 Å². The molecule has 1 aliphatic rings. The summed E-state index contributed by atoms with van der Waals surface area (Å²) in [4.78, 5) is 24.8. The van der Waals surface area contributed by atoms with Gasteiger partial charge in [-0.15, -0.1) is 0 Å². The van der Waals surface area contributed by atoms with Crippen LogP contribution in [-0.4, -0.2) is 24.1 Å². The summed E-state index contributed by atoms with van der Waals surface area (Å²) in [7, 11) is 0. The van der Waals surface area contributed by atoms with Gasteiger partial charge in [-0.3, -0.25) is 9.59 Å². The monoisotopic (exact) mass is 368 g/mol. The van der Waals surface area contributed by atoms with Crippen LogP contribution in [0.15, 0.2) is 28.7 Å². The third-order valence-electron chi connectivity index (χ3n) is 3.65. The Morgan fingerprint density at radius 1 is 1.27 bits per heavy atom. The molecule has 0 aromatic heterocycles. The number of carbonyl (C=O) groups is 2. The zero-order valence-corrected chi connectivity index (χ0v) is 14.9. The second kappa shape index (κ2) is 6.03. The minimum atomic E-state index is -0.916. The predicted octanol–water partition coefficient (Wildman–Crippen LogP) is 3.61. The van der Waals surface area contributed by atoms with Gasteiger partial charge in [0.05, 0.1) is 12.5 Å². The summed E-state index contributed by atoms with van der Waals surface area (Å²) in [6.07, 6.45) is 0.433. The molecule has 1 aliphatic carbocycles. The van der Waals surface area contributed by atoms with Crippen LogP contribution in [0.3, 0.4) is 0 Å². The van der Waals surface area contributed by atoms with Crippen molar-refractivity contribution < 1.29 is 19.1 Å². The first-order valence-electron chi connectivity index (χ1n) is 7.37. The molecule has 0 N–H and O–H groups in total. The van der Waals surface area contributed by atoms with Gasteiger partial charge < -0.3 is 9.47 Å². The Morgan fingerprint density at radius 3 is 2.36 bits per heavy atom. The van der Waals surface area contributed by atoms with Crippen molar-refractivity contribution in [3.8, 4) is 0 Å². The number of hydrogen-bond donors (Lipinski definition) is 0. The van der Waals surface area contributed by atoms with Crippen LogP contribution < -0.4 is 0 Å². The number of hydrogen-bond acceptors (Lipinski definition) is 4. The van der Waals surface area contributed by atoms with Crippen LogP contribution in [0.1, 0.15) is 39.7 Å². The molecule has 1 aromatic carbocycles. The topological polar surface area (TPSA) is 52.6 Å². The molecule has 0 amide bonds. The Hall–Kier alpha value is -1.36. The van der Waals surface area contributed by atoms with Gasteiger partial charge in [0, 0.05) is 4.47 Å². The Kier molecular flexibility index (Phi) is 4.66. The maximum atomic E-state index is 12.7. The molecule has 1 fully saturated rings. The van der Waals surface area contributed by atoms with E-state index < -0.39 is 16.9 Å². The van der Waals surface area contributed by atoms with Crippen molar-refractivity contribution in [1.82, 2.24) is 0 Å². The summed E-state index contributed by atoms with van der Waals surface area (Å²) in [6.45, 7) is 7.53. The van der Waals surface area contributed by atoms with Gasteiger partial charge in [0.1, 0.15) is 11.0 Å². The minimum absolute atomic E-state index is 0.306. The highest BCUT2D eigenvalue weighted by molar-refractivity contribution is 9.10. The lowest BCUT2D eigenvalue weighted by molar-refractivity contribution is -0.161. The second-order valence-corrected chi connectivity index (χ2v) is 7.40. The average Bonchev–Trinajstić information content (AvgIpc) is 3.15. The third-order valence-corrected chi connectivity index (χ3v) is 4.18. The van der Waals surface area contributed by atoms with Gasteiger partial charge in [0.25, 0.3) is 0 Å². The Bertz CT molecular complexity index is 573. The molecule has 0 heterocycles. The van der Waals surface area contributed by atoms with Crippen LogP contribution in [0, 0.1) is 5.92 Å². The molecule has 2 rings (SSSR count). The number of benzene rings is 1. The summed E-state index contributed by atoms with van der Waals surface area (Å²) in [5, 5.41) is 0. The highest BCUT2D eigenvalue weighted by Crippen LogP contribution is 2.56. The van der Waals surface area contributed by atoms with Crippen LogP contribution >= 0.6 is 15.9 Å². The average molecular weight is 369 g/mol. The van der Waals surface area contributed by atoms with E-state index in [1.165, 1.54) is 0 Å². The Morgan fingerprint density at radius 2 is 1.86 bits per heavy atom. The quantitative estimate of drug-likeness (QED) is 0.761. The highest BCUT2D eigenvalue weighted by Gasteiger charge is 2.67. The van der Waals surface area contributed by atoms with Gasteiger partial charge in [-0.1, -0.05) is 28.1 Å². The molecule has 4 nitrogen and oxygen atoms in total. The molecule has 0 spiro atoms. The molecule has 120 valence electrons. The van der Waals surface area contributed by atoms with E-state index in [-0.39, 0.29) is 11.9 Å². The van der Waals surface area contributed by atoms with Crippen LogP contribution in [0.5, 0.6) is 0 Å². The molecular formula is C17H21BrO4. The molecular weight excluding hydrogens is 348 g/mol. The summed E-state index contributed by atoms with van der Waals surface area (Å²) < 4.78 is 11.6. The lowest BCUT2D eigenvalue weighted by atomic mass is 9.93. The number of ether oxygens (including phenoxy) is 2. The molecule has 22 heavy (non-hydrogen) atoms. The Balaban J connectivity index is 2.33. The summed E-state index contributed by atoms with van der Waals surface area (Å²) in [5.41, 5.74) is -0.718. The number of esters is 2. The van der Waals surface area contributed by atoms with E-state index in [9.17, 15) is 9.59 Å². The molecule has 0 unspecified atom stereocenters. The zero-order chi connectivity index (χ0) is 16.5. The van der Waals surface area contributed by atoms with Crippen LogP contribution in [0.2, 0.25) is 0 Å². The van der Waals surface area contributed by atoms with E-state index in [1.807, 2.05) is 45.0 Å². The lowest BCUT2D eigenvalue weighted by Crippen LogP contribution is -2.34. The van der Waals surface area contributed by atoms with Crippen molar-refractivity contribution in [2.75, 3.05) is 6.61 Å². The SMILES string of the molecule is CCOC(=O)[C@@H]1C[C@]1(C(=O)OC(C)(C)C)c1ccc(Br)cc1. The first-order chi connectivity index (χ1) is 10.2. The van der Waals surface area contributed by atoms with Crippen LogP contribution in [-0.2, 0) is 24.5 Å². The largest absolute Gasteiger partial charge is 0.466 e. The smallest absolute Gasteiger partial charge is 0.317 e. The maximum Gasteiger partial charge on any atom is 0.317 e.